The topological polar surface area (TPSA) is 42.2 Å². The minimum absolute atomic E-state index is 0.230. The van der Waals surface area contributed by atoms with E-state index in [1.807, 2.05) is 47.2 Å². The van der Waals surface area contributed by atoms with E-state index in [4.69, 9.17) is 0 Å². The molecule has 2 heterocycles. The van der Waals surface area contributed by atoms with E-state index in [0.29, 0.717) is 0 Å². The Hall–Kier alpha value is -3.61. The minimum atomic E-state index is -4.41. The second-order valence-electron chi connectivity index (χ2n) is 6.13. The molecule has 0 radical (unpaired) electrons. The highest BCUT2D eigenvalue weighted by atomic mass is 19.4. The molecular formula is C21H15F3N4. The van der Waals surface area contributed by atoms with Crippen LogP contribution in [0.3, 0.4) is 0 Å². The Bertz CT molecular complexity index is 1130. The van der Waals surface area contributed by atoms with Gasteiger partial charge in [0, 0.05) is 18.1 Å². The zero-order valence-electron chi connectivity index (χ0n) is 14.6. The van der Waals surface area contributed by atoms with Crippen LogP contribution in [0.1, 0.15) is 11.3 Å². The lowest BCUT2D eigenvalue weighted by Crippen LogP contribution is -2.06. The molecule has 0 unspecified atom stereocenters. The summed E-state index contributed by atoms with van der Waals surface area (Å²) >= 11 is 0. The van der Waals surface area contributed by atoms with Gasteiger partial charge < -0.3 is 4.57 Å². The van der Waals surface area contributed by atoms with Gasteiger partial charge in [0.05, 0.1) is 17.5 Å². The van der Waals surface area contributed by atoms with Gasteiger partial charge in [-0.1, -0.05) is 30.3 Å². The maximum atomic E-state index is 12.6. The van der Waals surface area contributed by atoms with E-state index in [9.17, 15) is 13.2 Å². The molecule has 7 heteroatoms. The van der Waals surface area contributed by atoms with Crippen LogP contribution >= 0.6 is 0 Å². The molecule has 140 valence electrons. The molecule has 0 spiro atoms. The van der Waals surface area contributed by atoms with Crippen LogP contribution in [-0.2, 0) is 6.18 Å². The number of halogens is 3. The number of hydrogen-bond donors (Lipinski definition) is 1. The molecule has 0 fully saturated rings. The summed E-state index contributed by atoms with van der Waals surface area (Å²) in [5.74, 6) is 0.230. The van der Waals surface area contributed by atoms with Gasteiger partial charge in [-0.15, -0.1) is 0 Å². The number of hydrogen-bond acceptors (Lipinski definition) is 3. The first-order valence-electron chi connectivity index (χ1n) is 8.49. The second-order valence-corrected chi connectivity index (χ2v) is 6.13. The quantitative estimate of drug-likeness (QED) is 0.376. The van der Waals surface area contributed by atoms with Crippen molar-refractivity contribution in [2.45, 2.75) is 6.18 Å². The van der Waals surface area contributed by atoms with E-state index in [1.54, 1.807) is 6.21 Å². The van der Waals surface area contributed by atoms with Crippen LogP contribution in [0.4, 0.5) is 19.0 Å². The zero-order valence-corrected chi connectivity index (χ0v) is 14.6. The van der Waals surface area contributed by atoms with Crippen molar-refractivity contribution >= 4 is 22.8 Å². The van der Waals surface area contributed by atoms with Gasteiger partial charge in [0.15, 0.2) is 0 Å². The molecule has 0 aliphatic rings. The molecule has 4 rings (SSSR count). The maximum Gasteiger partial charge on any atom is 0.417 e. The van der Waals surface area contributed by atoms with E-state index in [1.165, 1.54) is 6.07 Å². The maximum absolute atomic E-state index is 12.6. The largest absolute Gasteiger partial charge is 0.417 e. The average molecular weight is 380 g/mol. The van der Waals surface area contributed by atoms with Gasteiger partial charge in [-0.05, 0) is 47.2 Å². The highest BCUT2D eigenvalue weighted by molar-refractivity contribution is 5.85. The third kappa shape index (κ3) is 3.73. The molecule has 0 aliphatic carbocycles. The van der Waals surface area contributed by atoms with Crippen LogP contribution in [0.2, 0.25) is 0 Å². The minimum Gasteiger partial charge on any atom is -0.316 e. The molecule has 2 aromatic heterocycles. The lowest BCUT2D eigenvalue weighted by atomic mass is 10.1. The van der Waals surface area contributed by atoms with Crippen molar-refractivity contribution in [3.05, 3.63) is 90.4 Å². The highest BCUT2D eigenvalue weighted by Crippen LogP contribution is 2.28. The van der Waals surface area contributed by atoms with Gasteiger partial charge in [0.1, 0.15) is 5.82 Å². The predicted octanol–water partition coefficient (Wildman–Crippen LogP) is 5.49. The lowest BCUT2D eigenvalue weighted by Gasteiger charge is -2.08. The molecule has 0 bridgehead atoms. The van der Waals surface area contributed by atoms with Gasteiger partial charge in [-0.3, -0.25) is 5.43 Å². The Morgan fingerprint density at radius 3 is 2.50 bits per heavy atom. The average Bonchev–Trinajstić information content (AvgIpc) is 3.16. The van der Waals surface area contributed by atoms with Crippen LogP contribution in [0.5, 0.6) is 0 Å². The van der Waals surface area contributed by atoms with E-state index in [2.05, 4.69) is 33.7 Å². The number of fused-ring (bicyclic) bond motifs is 1. The molecule has 0 saturated carbocycles. The fraction of sp³-hybridized carbons (Fsp3) is 0.0476. The third-order valence-electron chi connectivity index (χ3n) is 4.26. The van der Waals surface area contributed by atoms with E-state index in [0.717, 1.165) is 34.4 Å². The normalized spacial score (nSPS) is 12.0. The molecule has 0 atom stereocenters. The number of aromatic nitrogens is 2. The fourth-order valence-electron chi connectivity index (χ4n) is 2.85. The first kappa shape index (κ1) is 17.8. The summed E-state index contributed by atoms with van der Waals surface area (Å²) < 4.78 is 39.7. The smallest absolute Gasteiger partial charge is 0.316 e. The molecule has 0 saturated heterocycles. The van der Waals surface area contributed by atoms with Crippen molar-refractivity contribution in [1.29, 1.82) is 0 Å². The van der Waals surface area contributed by atoms with Crippen molar-refractivity contribution in [2.24, 2.45) is 5.10 Å². The van der Waals surface area contributed by atoms with E-state index >= 15 is 0 Å². The SMILES string of the molecule is FC(F)(F)c1ccc(N/N=C\c2cccn2-c2ccc3ccccc3c2)nc1. The van der Waals surface area contributed by atoms with Crippen LogP contribution in [0.15, 0.2) is 84.2 Å². The molecule has 28 heavy (non-hydrogen) atoms. The molecule has 4 aromatic rings. The molecule has 4 nitrogen and oxygen atoms in total. The summed E-state index contributed by atoms with van der Waals surface area (Å²) in [5.41, 5.74) is 3.65. The van der Waals surface area contributed by atoms with Crippen LogP contribution in [-0.4, -0.2) is 15.8 Å². The Kier molecular flexibility index (Phi) is 4.57. The van der Waals surface area contributed by atoms with Crippen molar-refractivity contribution in [2.75, 3.05) is 5.43 Å². The summed E-state index contributed by atoms with van der Waals surface area (Å²) in [7, 11) is 0. The summed E-state index contributed by atoms with van der Waals surface area (Å²) in [6.07, 6.45) is -0.124. The molecule has 1 N–H and O–H groups in total. The number of rotatable bonds is 4. The number of anilines is 1. The first-order chi connectivity index (χ1) is 13.5. The summed E-state index contributed by atoms with van der Waals surface area (Å²) in [6.45, 7) is 0. The second kappa shape index (κ2) is 7.19. The van der Waals surface area contributed by atoms with E-state index < -0.39 is 11.7 Å². The van der Waals surface area contributed by atoms with Gasteiger partial charge in [0.25, 0.3) is 0 Å². The Morgan fingerprint density at radius 1 is 0.929 bits per heavy atom. The third-order valence-corrected chi connectivity index (χ3v) is 4.26. The van der Waals surface area contributed by atoms with Crippen molar-refractivity contribution < 1.29 is 13.2 Å². The number of hydrazone groups is 1. The van der Waals surface area contributed by atoms with Crippen LogP contribution in [0, 0.1) is 0 Å². The molecular weight excluding hydrogens is 365 g/mol. The Labute approximate surface area is 159 Å². The monoisotopic (exact) mass is 380 g/mol. The Balaban J connectivity index is 1.52. The molecule has 0 aliphatic heterocycles. The number of nitrogens with one attached hydrogen (secondary N) is 1. The van der Waals surface area contributed by atoms with Gasteiger partial charge in [-0.25, -0.2) is 4.98 Å². The molecule has 2 aromatic carbocycles. The Morgan fingerprint density at radius 2 is 1.75 bits per heavy atom. The van der Waals surface area contributed by atoms with Crippen molar-refractivity contribution in [1.82, 2.24) is 9.55 Å². The first-order valence-corrected chi connectivity index (χ1v) is 8.49. The molecule has 0 amide bonds. The van der Waals surface area contributed by atoms with Crippen molar-refractivity contribution in [3.63, 3.8) is 0 Å². The summed E-state index contributed by atoms with van der Waals surface area (Å²) in [6, 6.07) is 20.2. The van der Waals surface area contributed by atoms with Crippen LogP contribution in [0.25, 0.3) is 16.5 Å². The number of benzene rings is 2. The van der Waals surface area contributed by atoms with Gasteiger partial charge >= 0.3 is 6.18 Å². The number of alkyl halides is 3. The van der Waals surface area contributed by atoms with E-state index in [-0.39, 0.29) is 5.82 Å². The summed E-state index contributed by atoms with van der Waals surface area (Å²) in [4.78, 5) is 3.73. The lowest BCUT2D eigenvalue weighted by molar-refractivity contribution is -0.137. The van der Waals surface area contributed by atoms with Crippen molar-refractivity contribution in [3.8, 4) is 5.69 Å². The summed E-state index contributed by atoms with van der Waals surface area (Å²) in [5, 5.41) is 6.37. The van der Waals surface area contributed by atoms with Gasteiger partial charge in [-0.2, -0.15) is 18.3 Å². The predicted molar refractivity (Wildman–Crippen MR) is 104 cm³/mol. The van der Waals surface area contributed by atoms with Crippen LogP contribution < -0.4 is 5.43 Å². The zero-order chi connectivity index (χ0) is 19.6. The van der Waals surface area contributed by atoms with Gasteiger partial charge in [0.2, 0.25) is 0 Å². The number of pyridine rings is 1. The standard InChI is InChI=1S/C21H15F3N4/c22-21(23,24)17-8-10-20(25-13-17)27-26-14-19-6-3-11-28(19)18-9-7-15-4-1-2-5-16(15)12-18/h1-14H,(H,25,27)/b26-14-. The number of nitrogens with zero attached hydrogens (tertiary/aromatic N) is 3. The fourth-order valence-corrected chi connectivity index (χ4v) is 2.85. The highest BCUT2D eigenvalue weighted by Gasteiger charge is 2.30.